The number of aliphatic carboxylic acids is 2. The highest BCUT2D eigenvalue weighted by molar-refractivity contribution is 5.82. The Balaban J connectivity index is 4.14. The molecule has 1 atom stereocenters. The summed E-state index contributed by atoms with van der Waals surface area (Å²) in [5.41, 5.74) is 0. The minimum Gasteiger partial charge on any atom is -0.481 e. The Morgan fingerprint density at radius 2 is 1.54 bits per heavy atom. The van der Waals surface area contributed by atoms with E-state index in [1.165, 1.54) is 6.08 Å². The highest BCUT2D eigenvalue weighted by atomic mass is 16.5. The first kappa shape index (κ1) is 21.9. The maximum absolute atomic E-state index is 11.7. The molecular formula is C17H28NO6+. The summed E-state index contributed by atoms with van der Waals surface area (Å²) >= 11 is 0. The first-order valence-electron chi connectivity index (χ1n) is 7.89. The van der Waals surface area contributed by atoms with E-state index < -0.39 is 24.0 Å². The molecule has 24 heavy (non-hydrogen) atoms. The molecule has 136 valence electrons. The van der Waals surface area contributed by atoms with Crippen LogP contribution in [0.4, 0.5) is 0 Å². The lowest BCUT2D eigenvalue weighted by Crippen LogP contribution is -2.43. The van der Waals surface area contributed by atoms with Crippen molar-refractivity contribution in [3.63, 3.8) is 0 Å². The Bertz CT molecular complexity index is 476. The van der Waals surface area contributed by atoms with Crippen LogP contribution in [0.25, 0.3) is 0 Å². The Labute approximate surface area is 142 Å². The zero-order valence-electron chi connectivity index (χ0n) is 14.6. The fourth-order valence-electron chi connectivity index (χ4n) is 2.04. The maximum Gasteiger partial charge on any atom is 0.330 e. The molecule has 0 aromatic rings. The number of carbonyl (C=O) groups is 3. The SMILES string of the molecule is C[N+](C)(C)CC(CC(=O)O)OC(=O)/C=C/CCCC/C=C/C(=O)O. The lowest BCUT2D eigenvalue weighted by Gasteiger charge is -2.28. The van der Waals surface area contributed by atoms with E-state index in [-0.39, 0.29) is 6.42 Å². The van der Waals surface area contributed by atoms with Gasteiger partial charge in [-0.15, -0.1) is 0 Å². The van der Waals surface area contributed by atoms with Crippen molar-refractivity contribution in [2.24, 2.45) is 0 Å². The van der Waals surface area contributed by atoms with Gasteiger partial charge in [0.1, 0.15) is 6.54 Å². The molecule has 0 rings (SSSR count). The largest absolute Gasteiger partial charge is 0.481 e. The number of carboxylic acids is 2. The van der Waals surface area contributed by atoms with Gasteiger partial charge in [-0.25, -0.2) is 9.59 Å². The number of nitrogens with zero attached hydrogens (tertiary/aromatic N) is 1. The van der Waals surface area contributed by atoms with Crippen LogP contribution in [0.3, 0.4) is 0 Å². The molecule has 0 aliphatic carbocycles. The Morgan fingerprint density at radius 3 is 2.00 bits per heavy atom. The summed E-state index contributed by atoms with van der Waals surface area (Å²) in [6, 6.07) is 0. The molecule has 0 aromatic heterocycles. The van der Waals surface area contributed by atoms with Crippen molar-refractivity contribution in [2.45, 2.75) is 38.2 Å². The number of quaternary nitrogens is 1. The third kappa shape index (κ3) is 14.8. The summed E-state index contributed by atoms with van der Waals surface area (Å²) in [5.74, 6) is -2.50. The molecule has 2 N–H and O–H groups in total. The number of likely N-dealkylation sites (N-methyl/N-ethyl adjacent to an activating group) is 1. The summed E-state index contributed by atoms with van der Waals surface area (Å²) < 4.78 is 5.71. The Hall–Kier alpha value is -2.15. The van der Waals surface area contributed by atoms with Gasteiger partial charge in [-0.2, -0.15) is 0 Å². The van der Waals surface area contributed by atoms with Gasteiger partial charge in [0, 0.05) is 12.2 Å². The molecule has 0 aromatic carbocycles. The molecule has 0 heterocycles. The lowest BCUT2D eigenvalue weighted by molar-refractivity contribution is -0.873. The van der Waals surface area contributed by atoms with E-state index in [2.05, 4.69) is 0 Å². The van der Waals surface area contributed by atoms with Crippen LogP contribution >= 0.6 is 0 Å². The minimum absolute atomic E-state index is 0.217. The van der Waals surface area contributed by atoms with E-state index in [9.17, 15) is 14.4 Å². The van der Waals surface area contributed by atoms with Crippen molar-refractivity contribution in [1.82, 2.24) is 0 Å². The molecule has 0 amide bonds. The first-order chi connectivity index (χ1) is 11.1. The van der Waals surface area contributed by atoms with Crippen molar-refractivity contribution >= 4 is 17.9 Å². The highest BCUT2D eigenvalue weighted by Crippen LogP contribution is 2.07. The number of rotatable bonds is 12. The van der Waals surface area contributed by atoms with E-state index in [4.69, 9.17) is 14.9 Å². The molecule has 7 heteroatoms. The molecule has 0 aliphatic rings. The highest BCUT2D eigenvalue weighted by Gasteiger charge is 2.23. The van der Waals surface area contributed by atoms with E-state index in [1.54, 1.807) is 12.2 Å². The smallest absolute Gasteiger partial charge is 0.330 e. The molecular weight excluding hydrogens is 314 g/mol. The number of esters is 1. The van der Waals surface area contributed by atoms with Crippen LogP contribution in [0.2, 0.25) is 0 Å². The third-order valence-electron chi connectivity index (χ3n) is 2.94. The van der Waals surface area contributed by atoms with E-state index >= 15 is 0 Å². The molecule has 0 radical (unpaired) electrons. The van der Waals surface area contributed by atoms with Crippen molar-refractivity contribution in [3.05, 3.63) is 24.3 Å². The first-order valence-corrected chi connectivity index (χ1v) is 7.89. The van der Waals surface area contributed by atoms with Gasteiger partial charge in [-0.05, 0) is 25.7 Å². The monoisotopic (exact) mass is 342 g/mol. The second-order valence-electron chi connectivity index (χ2n) is 6.56. The van der Waals surface area contributed by atoms with E-state index in [0.717, 1.165) is 18.9 Å². The zero-order valence-corrected chi connectivity index (χ0v) is 14.6. The predicted octanol–water partition coefficient (Wildman–Crippen LogP) is 1.84. The van der Waals surface area contributed by atoms with Crippen LogP contribution in [-0.4, -0.2) is 66.4 Å². The summed E-state index contributed by atoms with van der Waals surface area (Å²) in [7, 11) is 5.70. The van der Waals surface area contributed by atoms with E-state index in [1.807, 2.05) is 21.1 Å². The topological polar surface area (TPSA) is 101 Å². The van der Waals surface area contributed by atoms with Gasteiger partial charge >= 0.3 is 17.9 Å². The lowest BCUT2D eigenvalue weighted by atomic mass is 10.2. The van der Waals surface area contributed by atoms with Crippen molar-refractivity contribution in [1.29, 1.82) is 0 Å². The van der Waals surface area contributed by atoms with Gasteiger partial charge in [0.25, 0.3) is 0 Å². The van der Waals surface area contributed by atoms with Crippen LogP contribution in [0.15, 0.2) is 24.3 Å². The van der Waals surface area contributed by atoms with Crippen LogP contribution in [-0.2, 0) is 19.1 Å². The van der Waals surface area contributed by atoms with Crippen molar-refractivity contribution in [3.8, 4) is 0 Å². The molecule has 7 nitrogen and oxygen atoms in total. The van der Waals surface area contributed by atoms with Crippen molar-refractivity contribution in [2.75, 3.05) is 27.7 Å². The summed E-state index contributed by atoms with van der Waals surface area (Å²) in [6.07, 6.45) is 7.84. The summed E-state index contributed by atoms with van der Waals surface area (Å²) in [6.45, 7) is 0.418. The normalized spacial score (nSPS) is 13.3. The molecule has 0 bridgehead atoms. The number of hydrogen-bond acceptors (Lipinski definition) is 4. The third-order valence-corrected chi connectivity index (χ3v) is 2.94. The number of carboxylic acid groups (broad SMARTS) is 2. The number of unbranched alkanes of at least 4 members (excludes halogenated alkanes) is 3. The van der Waals surface area contributed by atoms with Gasteiger partial charge < -0.3 is 19.4 Å². The number of allylic oxidation sites excluding steroid dienone is 2. The Morgan fingerprint density at radius 1 is 1.00 bits per heavy atom. The van der Waals surface area contributed by atoms with Gasteiger partial charge in [0.2, 0.25) is 0 Å². The molecule has 1 unspecified atom stereocenters. The van der Waals surface area contributed by atoms with Gasteiger partial charge in [-0.3, -0.25) is 4.79 Å². The number of carbonyl (C=O) groups excluding carboxylic acids is 1. The summed E-state index contributed by atoms with van der Waals surface area (Å²) in [5, 5.41) is 17.3. The standard InChI is InChI=1S/C17H27NO6/c1-18(2,3)13-14(12-16(21)22)24-17(23)11-9-7-5-4-6-8-10-15(19)20/h8-11,14H,4-7,12-13H2,1-3H3,(H-,19,20,21,22)/p+1/b10-8+,11-9+. The molecule has 0 fully saturated rings. The van der Waals surface area contributed by atoms with Crippen molar-refractivity contribution < 1.29 is 33.8 Å². The van der Waals surface area contributed by atoms with Gasteiger partial charge in [0.15, 0.2) is 6.10 Å². The van der Waals surface area contributed by atoms with Crippen LogP contribution < -0.4 is 0 Å². The van der Waals surface area contributed by atoms with Crippen LogP contribution in [0.1, 0.15) is 32.1 Å². The second kappa shape index (κ2) is 11.4. The summed E-state index contributed by atoms with van der Waals surface area (Å²) in [4.78, 5) is 32.9. The minimum atomic E-state index is -1.00. The molecule has 0 saturated heterocycles. The Kier molecular flexibility index (Phi) is 10.4. The molecule has 0 spiro atoms. The fraction of sp³-hybridized carbons (Fsp3) is 0.588. The number of ether oxygens (including phenoxy) is 1. The quantitative estimate of drug-likeness (QED) is 0.243. The van der Waals surface area contributed by atoms with Crippen LogP contribution in [0.5, 0.6) is 0 Å². The van der Waals surface area contributed by atoms with Gasteiger partial charge in [-0.1, -0.05) is 12.2 Å². The predicted molar refractivity (Wildman–Crippen MR) is 89.4 cm³/mol. The van der Waals surface area contributed by atoms with E-state index in [0.29, 0.717) is 23.9 Å². The average molecular weight is 342 g/mol. The number of hydrogen-bond donors (Lipinski definition) is 2. The second-order valence-corrected chi connectivity index (χ2v) is 6.56. The maximum atomic E-state index is 11.7. The average Bonchev–Trinajstić information content (AvgIpc) is 2.38. The fourth-order valence-corrected chi connectivity index (χ4v) is 2.04. The van der Waals surface area contributed by atoms with Gasteiger partial charge in [0.05, 0.1) is 27.6 Å². The zero-order chi connectivity index (χ0) is 18.6. The van der Waals surface area contributed by atoms with Crippen LogP contribution in [0, 0.1) is 0 Å². The molecule has 0 aliphatic heterocycles. The molecule has 0 saturated carbocycles.